The molecule has 0 amide bonds. The summed E-state index contributed by atoms with van der Waals surface area (Å²) in [6.07, 6.45) is 1.63. The van der Waals surface area contributed by atoms with Crippen LogP contribution in [-0.4, -0.2) is 26.4 Å². The molecule has 0 saturated carbocycles. The van der Waals surface area contributed by atoms with Crippen molar-refractivity contribution in [3.05, 3.63) is 58.7 Å². The Labute approximate surface area is 133 Å². The van der Waals surface area contributed by atoms with Crippen molar-refractivity contribution in [3.63, 3.8) is 0 Å². The third-order valence-corrected chi connectivity index (χ3v) is 4.64. The van der Waals surface area contributed by atoms with Crippen molar-refractivity contribution in [3.8, 4) is 0 Å². The lowest BCUT2D eigenvalue weighted by molar-refractivity contribution is 0.0471. The molecule has 23 heavy (non-hydrogen) atoms. The first-order valence-corrected chi connectivity index (χ1v) is 7.61. The number of pyridine rings is 1. The highest BCUT2D eigenvalue weighted by molar-refractivity contribution is 6.01. The van der Waals surface area contributed by atoms with E-state index in [0.29, 0.717) is 5.56 Å². The van der Waals surface area contributed by atoms with E-state index >= 15 is 0 Å². The van der Waals surface area contributed by atoms with E-state index < -0.39 is 12.2 Å². The second kappa shape index (κ2) is 5.13. The molecular formula is C19H17NO3. The van der Waals surface area contributed by atoms with Gasteiger partial charge in [0, 0.05) is 16.3 Å². The first kappa shape index (κ1) is 14.3. The molecule has 4 rings (SSSR count). The normalized spacial score (nSPS) is 20.2. The summed E-state index contributed by atoms with van der Waals surface area (Å²) in [5, 5.41) is 31.3. The molecule has 0 unspecified atom stereocenters. The fraction of sp³-hybridized carbons (Fsp3) is 0.211. The molecule has 0 saturated heterocycles. The SMILES string of the molecule is Cc1c2cc(CO)ccc2nc2c3c(ccc12)[C@H](O)[C@@H](O)C=C3. The number of aryl methyl sites for hydroxylation is 1. The average molecular weight is 307 g/mol. The minimum atomic E-state index is -0.922. The van der Waals surface area contributed by atoms with Crippen LogP contribution >= 0.6 is 0 Å². The highest BCUT2D eigenvalue weighted by Gasteiger charge is 2.24. The standard InChI is InChI=1S/C19H17NO3/c1-10-12-3-4-14-13(5-7-17(22)19(14)23)18(12)20-16-6-2-11(9-21)8-15(10)16/h2-8,17,19,21-23H,9H2,1H3/t17-,19-/m0/s1. The van der Waals surface area contributed by atoms with E-state index in [-0.39, 0.29) is 6.61 Å². The van der Waals surface area contributed by atoms with E-state index in [1.807, 2.05) is 43.3 Å². The molecule has 1 heterocycles. The average Bonchev–Trinajstić information content (AvgIpc) is 2.58. The summed E-state index contributed by atoms with van der Waals surface area (Å²) in [6.45, 7) is 2.04. The van der Waals surface area contributed by atoms with Crippen molar-refractivity contribution < 1.29 is 15.3 Å². The predicted octanol–water partition coefficient (Wildman–Crippen LogP) is 2.61. The van der Waals surface area contributed by atoms with Crippen LogP contribution in [0, 0.1) is 6.92 Å². The summed E-state index contributed by atoms with van der Waals surface area (Å²) < 4.78 is 0. The minimum Gasteiger partial charge on any atom is -0.392 e. The molecule has 1 aliphatic rings. The van der Waals surface area contributed by atoms with Crippen LogP contribution in [-0.2, 0) is 6.61 Å². The number of hydrogen-bond donors (Lipinski definition) is 3. The molecule has 0 aliphatic heterocycles. The molecule has 2 atom stereocenters. The highest BCUT2D eigenvalue weighted by Crippen LogP contribution is 2.35. The topological polar surface area (TPSA) is 73.6 Å². The summed E-state index contributed by atoms with van der Waals surface area (Å²) in [7, 11) is 0. The Bertz CT molecular complexity index is 962. The van der Waals surface area contributed by atoms with Gasteiger partial charge in [-0.05, 0) is 35.7 Å². The number of nitrogens with zero attached hydrogens (tertiary/aromatic N) is 1. The quantitative estimate of drug-likeness (QED) is 0.604. The van der Waals surface area contributed by atoms with Crippen molar-refractivity contribution in [2.24, 2.45) is 0 Å². The van der Waals surface area contributed by atoms with Crippen molar-refractivity contribution in [2.75, 3.05) is 0 Å². The van der Waals surface area contributed by atoms with Gasteiger partial charge in [-0.1, -0.05) is 30.4 Å². The van der Waals surface area contributed by atoms with Crippen LogP contribution in [0.3, 0.4) is 0 Å². The lowest BCUT2D eigenvalue weighted by atomic mass is 9.89. The maximum Gasteiger partial charge on any atom is 0.109 e. The summed E-state index contributed by atoms with van der Waals surface area (Å²) >= 11 is 0. The molecule has 4 nitrogen and oxygen atoms in total. The molecular weight excluding hydrogens is 290 g/mol. The first-order chi connectivity index (χ1) is 11.1. The number of rotatable bonds is 1. The van der Waals surface area contributed by atoms with Crippen LogP contribution in [0.2, 0.25) is 0 Å². The third-order valence-electron chi connectivity index (χ3n) is 4.64. The molecule has 0 fully saturated rings. The Balaban J connectivity index is 2.09. The molecule has 1 aliphatic carbocycles. The summed E-state index contributed by atoms with van der Waals surface area (Å²) in [5.41, 5.74) is 5.19. The van der Waals surface area contributed by atoms with E-state index in [9.17, 15) is 15.3 Å². The Morgan fingerprint density at radius 2 is 1.91 bits per heavy atom. The van der Waals surface area contributed by atoms with E-state index in [0.717, 1.165) is 38.5 Å². The monoisotopic (exact) mass is 307 g/mol. The zero-order valence-electron chi connectivity index (χ0n) is 12.7. The maximum absolute atomic E-state index is 10.2. The van der Waals surface area contributed by atoms with Gasteiger partial charge in [0.05, 0.1) is 17.6 Å². The van der Waals surface area contributed by atoms with Gasteiger partial charge in [0.25, 0.3) is 0 Å². The Morgan fingerprint density at radius 3 is 2.70 bits per heavy atom. The Morgan fingerprint density at radius 1 is 1.09 bits per heavy atom. The van der Waals surface area contributed by atoms with Gasteiger partial charge in [0.1, 0.15) is 12.2 Å². The molecule has 4 heteroatoms. The van der Waals surface area contributed by atoms with Gasteiger partial charge in [0.2, 0.25) is 0 Å². The maximum atomic E-state index is 10.2. The van der Waals surface area contributed by atoms with E-state index in [1.54, 1.807) is 6.08 Å². The van der Waals surface area contributed by atoms with Gasteiger partial charge in [-0.25, -0.2) is 4.98 Å². The van der Waals surface area contributed by atoms with E-state index in [1.165, 1.54) is 0 Å². The van der Waals surface area contributed by atoms with Crippen molar-refractivity contribution in [2.45, 2.75) is 25.7 Å². The number of aliphatic hydroxyl groups is 3. The van der Waals surface area contributed by atoms with Gasteiger partial charge in [-0.15, -0.1) is 0 Å². The number of benzene rings is 2. The summed E-state index contributed by atoms with van der Waals surface area (Å²) in [4.78, 5) is 4.76. The van der Waals surface area contributed by atoms with E-state index in [4.69, 9.17) is 4.98 Å². The number of aromatic nitrogens is 1. The fourth-order valence-electron chi connectivity index (χ4n) is 3.31. The lowest BCUT2D eigenvalue weighted by Crippen LogP contribution is -2.19. The zero-order valence-corrected chi connectivity index (χ0v) is 12.7. The molecule has 0 bridgehead atoms. The van der Waals surface area contributed by atoms with Crippen LogP contribution in [0.15, 0.2) is 36.4 Å². The number of aliphatic hydroxyl groups excluding tert-OH is 3. The van der Waals surface area contributed by atoms with Gasteiger partial charge in [0.15, 0.2) is 0 Å². The Kier molecular flexibility index (Phi) is 3.20. The van der Waals surface area contributed by atoms with Crippen LogP contribution < -0.4 is 0 Å². The largest absolute Gasteiger partial charge is 0.392 e. The number of hydrogen-bond acceptors (Lipinski definition) is 4. The van der Waals surface area contributed by atoms with Crippen LogP contribution in [0.25, 0.3) is 27.9 Å². The first-order valence-electron chi connectivity index (χ1n) is 7.61. The molecule has 0 spiro atoms. The zero-order chi connectivity index (χ0) is 16.1. The molecule has 2 aromatic carbocycles. The van der Waals surface area contributed by atoms with Crippen molar-refractivity contribution >= 4 is 27.9 Å². The van der Waals surface area contributed by atoms with Gasteiger partial charge < -0.3 is 15.3 Å². The van der Waals surface area contributed by atoms with E-state index in [2.05, 4.69) is 0 Å². The van der Waals surface area contributed by atoms with Crippen LogP contribution in [0.5, 0.6) is 0 Å². The van der Waals surface area contributed by atoms with Crippen molar-refractivity contribution in [1.29, 1.82) is 0 Å². The highest BCUT2D eigenvalue weighted by atomic mass is 16.3. The second-order valence-corrected chi connectivity index (χ2v) is 6.01. The molecule has 116 valence electrons. The summed E-state index contributed by atoms with van der Waals surface area (Å²) in [6, 6.07) is 9.53. The fourth-order valence-corrected chi connectivity index (χ4v) is 3.31. The smallest absolute Gasteiger partial charge is 0.109 e. The second-order valence-electron chi connectivity index (χ2n) is 6.01. The number of fused-ring (bicyclic) bond motifs is 4. The van der Waals surface area contributed by atoms with Crippen LogP contribution in [0.1, 0.15) is 28.4 Å². The van der Waals surface area contributed by atoms with Gasteiger partial charge >= 0.3 is 0 Å². The Hall–Kier alpha value is -2.27. The van der Waals surface area contributed by atoms with Gasteiger partial charge in [-0.2, -0.15) is 0 Å². The van der Waals surface area contributed by atoms with Crippen LogP contribution in [0.4, 0.5) is 0 Å². The summed E-state index contributed by atoms with van der Waals surface area (Å²) in [5.74, 6) is 0. The third kappa shape index (κ3) is 2.07. The minimum absolute atomic E-state index is 0.00439. The lowest BCUT2D eigenvalue weighted by Gasteiger charge is -2.23. The molecule has 3 aromatic rings. The molecule has 3 N–H and O–H groups in total. The molecule has 1 aromatic heterocycles. The molecule has 0 radical (unpaired) electrons. The van der Waals surface area contributed by atoms with Gasteiger partial charge in [-0.3, -0.25) is 0 Å². The predicted molar refractivity (Wildman–Crippen MR) is 89.9 cm³/mol. The van der Waals surface area contributed by atoms with Crippen molar-refractivity contribution in [1.82, 2.24) is 4.98 Å².